The van der Waals surface area contributed by atoms with Crippen LogP contribution in [0.5, 0.6) is 5.75 Å². The Kier molecular flexibility index (Phi) is 4.74. The molecular formula is C18H22N4O3. The summed E-state index contributed by atoms with van der Waals surface area (Å²) in [6.07, 6.45) is 4.00. The van der Waals surface area contributed by atoms with Gasteiger partial charge in [-0.05, 0) is 18.2 Å². The molecule has 0 aliphatic carbocycles. The fraction of sp³-hybridized carbons (Fsp3) is 0.389. The summed E-state index contributed by atoms with van der Waals surface area (Å²) in [6.45, 7) is 1.15. The van der Waals surface area contributed by atoms with Crippen molar-refractivity contribution in [2.45, 2.75) is 12.5 Å². The molecule has 1 atom stereocenters. The monoisotopic (exact) mass is 342 g/mol. The molecule has 3 rings (SSSR count). The van der Waals surface area contributed by atoms with E-state index in [1.165, 1.54) is 10.6 Å². The quantitative estimate of drug-likeness (QED) is 0.833. The lowest BCUT2D eigenvalue weighted by Gasteiger charge is -2.20. The van der Waals surface area contributed by atoms with Crippen molar-refractivity contribution >= 4 is 11.7 Å². The summed E-state index contributed by atoms with van der Waals surface area (Å²) in [5.41, 5.74) is 0.380. The van der Waals surface area contributed by atoms with Crippen LogP contribution in [0.1, 0.15) is 16.8 Å². The fourth-order valence-corrected chi connectivity index (χ4v) is 2.90. The van der Waals surface area contributed by atoms with Crippen LogP contribution >= 0.6 is 0 Å². The van der Waals surface area contributed by atoms with Crippen LogP contribution in [0.2, 0.25) is 0 Å². The van der Waals surface area contributed by atoms with Crippen LogP contribution in [0.15, 0.2) is 41.5 Å². The lowest BCUT2D eigenvalue weighted by atomic mass is 10.2. The van der Waals surface area contributed by atoms with E-state index in [4.69, 9.17) is 4.74 Å². The second-order valence-electron chi connectivity index (χ2n) is 6.37. The molecule has 1 aliphatic heterocycles. The third-order valence-corrected chi connectivity index (χ3v) is 4.23. The normalized spacial score (nSPS) is 16.8. The van der Waals surface area contributed by atoms with Gasteiger partial charge in [-0.25, -0.2) is 4.98 Å². The number of carbonyl (C=O) groups excluding carboxylic acids is 1. The molecular weight excluding hydrogens is 320 g/mol. The number of anilines is 1. The second kappa shape index (κ2) is 6.96. The molecule has 1 amide bonds. The maximum absolute atomic E-state index is 12.6. The number of hydrogen-bond acceptors (Lipinski definition) is 5. The van der Waals surface area contributed by atoms with E-state index in [9.17, 15) is 9.59 Å². The SMILES string of the molecule is CN(C)c1ncccc1O[C@@H]1CCN(C(=O)c2ccc(=O)n(C)c2)C1. The highest BCUT2D eigenvalue weighted by molar-refractivity contribution is 5.94. The molecule has 0 N–H and O–H groups in total. The van der Waals surface area contributed by atoms with Crippen LogP contribution in [0.4, 0.5) is 5.82 Å². The van der Waals surface area contributed by atoms with Gasteiger partial charge in [-0.15, -0.1) is 0 Å². The Balaban J connectivity index is 1.68. The number of aryl methyl sites for hydroxylation is 1. The summed E-state index contributed by atoms with van der Waals surface area (Å²) >= 11 is 0. The first-order chi connectivity index (χ1) is 12.0. The second-order valence-corrected chi connectivity index (χ2v) is 6.37. The number of ether oxygens (including phenoxy) is 1. The molecule has 2 aromatic heterocycles. The molecule has 132 valence electrons. The van der Waals surface area contributed by atoms with E-state index in [0.717, 1.165) is 12.2 Å². The zero-order chi connectivity index (χ0) is 18.0. The summed E-state index contributed by atoms with van der Waals surface area (Å²) in [5.74, 6) is 1.40. The van der Waals surface area contributed by atoms with E-state index in [0.29, 0.717) is 24.4 Å². The molecule has 7 nitrogen and oxygen atoms in total. The van der Waals surface area contributed by atoms with Gasteiger partial charge in [0.15, 0.2) is 11.6 Å². The Bertz CT molecular complexity index is 831. The molecule has 0 saturated carbocycles. The van der Waals surface area contributed by atoms with Gasteiger partial charge in [0.25, 0.3) is 5.91 Å². The highest BCUT2D eigenvalue weighted by Gasteiger charge is 2.29. The summed E-state index contributed by atoms with van der Waals surface area (Å²) in [6, 6.07) is 6.71. The zero-order valence-corrected chi connectivity index (χ0v) is 14.7. The smallest absolute Gasteiger partial charge is 0.255 e. The van der Waals surface area contributed by atoms with Crippen LogP contribution in [-0.2, 0) is 7.05 Å². The van der Waals surface area contributed by atoms with Gasteiger partial charge >= 0.3 is 0 Å². The van der Waals surface area contributed by atoms with E-state index in [1.807, 2.05) is 31.1 Å². The Hall–Kier alpha value is -2.83. The van der Waals surface area contributed by atoms with Crippen molar-refractivity contribution in [3.63, 3.8) is 0 Å². The highest BCUT2D eigenvalue weighted by Crippen LogP contribution is 2.27. The van der Waals surface area contributed by atoms with Gasteiger partial charge in [0.05, 0.1) is 12.1 Å². The third-order valence-electron chi connectivity index (χ3n) is 4.23. The van der Waals surface area contributed by atoms with E-state index < -0.39 is 0 Å². The Morgan fingerprint density at radius 2 is 2.12 bits per heavy atom. The summed E-state index contributed by atoms with van der Waals surface area (Å²) in [7, 11) is 5.47. The standard InChI is InChI=1S/C18H22N4O3/c1-20(2)17-15(5-4-9-19-17)25-14-8-10-22(12-14)18(24)13-6-7-16(23)21(3)11-13/h4-7,9,11,14H,8,10,12H2,1-3H3/t14-/m1/s1. The highest BCUT2D eigenvalue weighted by atomic mass is 16.5. The van der Waals surface area contributed by atoms with Crippen molar-refractivity contribution in [1.82, 2.24) is 14.5 Å². The van der Waals surface area contributed by atoms with Crippen molar-refractivity contribution in [2.75, 3.05) is 32.1 Å². The Labute approximate surface area is 146 Å². The van der Waals surface area contributed by atoms with E-state index >= 15 is 0 Å². The first-order valence-electron chi connectivity index (χ1n) is 8.20. The van der Waals surface area contributed by atoms with Gasteiger partial charge in [0.1, 0.15) is 6.10 Å². The molecule has 2 aromatic rings. The molecule has 1 fully saturated rings. The maximum atomic E-state index is 12.6. The predicted octanol–water partition coefficient (Wildman–Crippen LogP) is 1.14. The zero-order valence-electron chi connectivity index (χ0n) is 14.7. The number of hydrogen-bond donors (Lipinski definition) is 0. The number of pyridine rings is 2. The van der Waals surface area contributed by atoms with Crippen molar-refractivity contribution in [3.05, 3.63) is 52.6 Å². The Morgan fingerprint density at radius 3 is 2.84 bits per heavy atom. The third kappa shape index (κ3) is 3.65. The van der Waals surface area contributed by atoms with Gasteiger partial charge in [0, 0.05) is 52.6 Å². The number of amides is 1. The van der Waals surface area contributed by atoms with Crippen molar-refractivity contribution in [1.29, 1.82) is 0 Å². The van der Waals surface area contributed by atoms with Crippen molar-refractivity contribution < 1.29 is 9.53 Å². The first-order valence-corrected chi connectivity index (χ1v) is 8.20. The van der Waals surface area contributed by atoms with Crippen molar-refractivity contribution in [3.8, 4) is 5.75 Å². The minimum absolute atomic E-state index is 0.0700. The summed E-state index contributed by atoms with van der Waals surface area (Å²) in [5, 5.41) is 0. The number of carbonyl (C=O) groups is 1. The molecule has 1 aliphatic rings. The fourth-order valence-electron chi connectivity index (χ4n) is 2.90. The average molecular weight is 342 g/mol. The van der Waals surface area contributed by atoms with Crippen LogP contribution < -0.4 is 15.2 Å². The minimum atomic E-state index is -0.132. The molecule has 3 heterocycles. The van der Waals surface area contributed by atoms with E-state index in [1.54, 1.807) is 30.4 Å². The first kappa shape index (κ1) is 17.0. The van der Waals surface area contributed by atoms with Gasteiger partial charge in [-0.2, -0.15) is 0 Å². The minimum Gasteiger partial charge on any atom is -0.485 e. The summed E-state index contributed by atoms with van der Waals surface area (Å²) in [4.78, 5) is 32.1. The van der Waals surface area contributed by atoms with Gasteiger partial charge < -0.3 is 19.1 Å². The molecule has 7 heteroatoms. The molecule has 1 saturated heterocycles. The van der Waals surface area contributed by atoms with Crippen LogP contribution in [0.25, 0.3) is 0 Å². The molecule has 0 aromatic carbocycles. The van der Waals surface area contributed by atoms with Crippen LogP contribution in [0.3, 0.4) is 0 Å². The number of aromatic nitrogens is 2. The maximum Gasteiger partial charge on any atom is 0.255 e. The number of rotatable bonds is 4. The largest absolute Gasteiger partial charge is 0.485 e. The molecule has 0 unspecified atom stereocenters. The lowest BCUT2D eigenvalue weighted by Crippen LogP contribution is -2.32. The molecule has 0 radical (unpaired) electrons. The number of nitrogens with zero attached hydrogens (tertiary/aromatic N) is 4. The lowest BCUT2D eigenvalue weighted by molar-refractivity contribution is 0.0771. The van der Waals surface area contributed by atoms with Crippen molar-refractivity contribution in [2.24, 2.45) is 7.05 Å². The van der Waals surface area contributed by atoms with Crippen LogP contribution in [0, 0.1) is 0 Å². The average Bonchev–Trinajstić information content (AvgIpc) is 3.05. The topological polar surface area (TPSA) is 67.7 Å². The van der Waals surface area contributed by atoms with E-state index in [2.05, 4.69) is 4.98 Å². The van der Waals surface area contributed by atoms with Gasteiger partial charge in [-0.3, -0.25) is 9.59 Å². The Morgan fingerprint density at radius 1 is 1.32 bits per heavy atom. The van der Waals surface area contributed by atoms with Gasteiger partial charge in [-0.1, -0.05) is 0 Å². The molecule has 25 heavy (non-hydrogen) atoms. The van der Waals surface area contributed by atoms with Crippen LogP contribution in [-0.4, -0.2) is 53.6 Å². The van der Waals surface area contributed by atoms with E-state index in [-0.39, 0.29) is 17.6 Å². The summed E-state index contributed by atoms with van der Waals surface area (Å²) < 4.78 is 7.49. The number of likely N-dealkylation sites (tertiary alicyclic amines) is 1. The van der Waals surface area contributed by atoms with Gasteiger partial charge in [0.2, 0.25) is 5.56 Å². The molecule has 0 spiro atoms. The molecule has 0 bridgehead atoms. The predicted molar refractivity (Wildman–Crippen MR) is 95.2 cm³/mol.